The number of nitrogens with one attached hydrogen (secondary N) is 1. The highest BCUT2D eigenvalue weighted by Gasteiger charge is 2.12. The van der Waals surface area contributed by atoms with Gasteiger partial charge in [0.25, 0.3) is 5.91 Å². The average Bonchev–Trinajstić information content (AvgIpc) is 2.78. The maximum absolute atomic E-state index is 11.9. The summed E-state index contributed by atoms with van der Waals surface area (Å²) in [5.41, 5.74) is 7.44. The molecule has 0 aliphatic heterocycles. The van der Waals surface area contributed by atoms with Crippen molar-refractivity contribution in [1.29, 1.82) is 0 Å². The van der Waals surface area contributed by atoms with Gasteiger partial charge in [-0.25, -0.2) is 4.98 Å². The first-order chi connectivity index (χ1) is 8.58. The van der Waals surface area contributed by atoms with Crippen LogP contribution in [0.3, 0.4) is 0 Å². The van der Waals surface area contributed by atoms with E-state index < -0.39 is 0 Å². The van der Waals surface area contributed by atoms with Gasteiger partial charge in [0.05, 0.1) is 11.3 Å². The van der Waals surface area contributed by atoms with E-state index >= 15 is 0 Å². The van der Waals surface area contributed by atoms with Crippen LogP contribution in [0.4, 0.5) is 10.8 Å². The third-order valence-corrected chi connectivity index (χ3v) is 3.21. The van der Waals surface area contributed by atoms with Crippen LogP contribution in [-0.4, -0.2) is 15.9 Å². The molecule has 0 atom stereocenters. The lowest BCUT2D eigenvalue weighted by atomic mass is 10.2. The van der Waals surface area contributed by atoms with Gasteiger partial charge in [-0.05, 0) is 12.0 Å². The fourth-order valence-electron chi connectivity index (χ4n) is 1.37. The summed E-state index contributed by atoms with van der Waals surface area (Å²) in [7, 11) is 0. The Labute approximate surface area is 109 Å². The summed E-state index contributed by atoms with van der Waals surface area (Å²) in [4.78, 5) is 20.2. The Hall–Kier alpha value is -1.95. The largest absolute Gasteiger partial charge is 0.398 e. The second-order valence-electron chi connectivity index (χ2n) is 4.15. The first kappa shape index (κ1) is 12.5. The van der Waals surface area contributed by atoms with Crippen molar-refractivity contribution in [3.05, 3.63) is 35.1 Å². The number of rotatable bonds is 3. The Morgan fingerprint density at radius 3 is 2.89 bits per heavy atom. The maximum Gasteiger partial charge on any atom is 0.261 e. The molecule has 2 heterocycles. The molecule has 0 unspecified atom stereocenters. The van der Waals surface area contributed by atoms with Crippen molar-refractivity contribution in [2.45, 2.75) is 19.8 Å². The zero-order valence-corrected chi connectivity index (χ0v) is 11.0. The summed E-state index contributed by atoms with van der Waals surface area (Å²) >= 11 is 1.40. The molecule has 2 aromatic heterocycles. The number of nitrogens with two attached hydrogens (primary N) is 1. The quantitative estimate of drug-likeness (QED) is 0.890. The minimum Gasteiger partial charge on any atom is -0.398 e. The summed E-state index contributed by atoms with van der Waals surface area (Å²) in [6.07, 6.45) is 2.99. The summed E-state index contributed by atoms with van der Waals surface area (Å²) in [6, 6.07) is 1.59. The number of nitrogen functional groups attached to an aromatic ring is 1. The molecule has 0 spiro atoms. The van der Waals surface area contributed by atoms with Crippen molar-refractivity contribution in [3.8, 4) is 0 Å². The maximum atomic E-state index is 11.9. The van der Waals surface area contributed by atoms with Gasteiger partial charge in [0, 0.05) is 23.5 Å². The Balaban J connectivity index is 2.14. The number of pyridine rings is 1. The van der Waals surface area contributed by atoms with Crippen molar-refractivity contribution < 1.29 is 4.79 Å². The highest BCUT2D eigenvalue weighted by molar-refractivity contribution is 7.14. The molecule has 5 nitrogen and oxygen atoms in total. The third kappa shape index (κ3) is 2.65. The second kappa shape index (κ2) is 5.14. The fourth-order valence-corrected chi connectivity index (χ4v) is 2.24. The van der Waals surface area contributed by atoms with E-state index in [1.165, 1.54) is 17.5 Å². The normalized spacial score (nSPS) is 10.6. The molecule has 0 radical (unpaired) electrons. The summed E-state index contributed by atoms with van der Waals surface area (Å²) in [5, 5.41) is 5.24. The first-order valence-corrected chi connectivity index (χ1v) is 6.42. The predicted octanol–water partition coefficient (Wildman–Crippen LogP) is 2.50. The molecule has 0 aromatic carbocycles. The molecule has 0 saturated carbocycles. The van der Waals surface area contributed by atoms with Gasteiger partial charge in [0.2, 0.25) is 0 Å². The van der Waals surface area contributed by atoms with Crippen LogP contribution in [0, 0.1) is 0 Å². The van der Waals surface area contributed by atoms with E-state index in [0.717, 1.165) is 5.69 Å². The minimum absolute atomic E-state index is 0.287. The minimum atomic E-state index is -0.287. The number of nitrogens with zero attached hydrogens (tertiary/aromatic N) is 2. The number of hydrogen-bond donors (Lipinski definition) is 2. The lowest BCUT2D eigenvalue weighted by Gasteiger charge is -2.04. The van der Waals surface area contributed by atoms with Crippen molar-refractivity contribution in [2.24, 2.45) is 0 Å². The first-order valence-electron chi connectivity index (χ1n) is 5.54. The van der Waals surface area contributed by atoms with Gasteiger partial charge in [-0.1, -0.05) is 13.8 Å². The lowest BCUT2D eigenvalue weighted by molar-refractivity contribution is 0.102. The van der Waals surface area contributed by atoms with E-state index in [4.69, 9.17) is 5.73 Å². The summed E-state index contributed by atoms with van der Waals surface area (Å²) in [5.74, 6) is 0.0561. The average molecular weight is 262 g/mol. The van der Waals surface area contributed by atoms with E-state index in [2.05, 4.69) is 29.1 Å². The van der Waals surface area contributed by atoms with Crippen LogP contribution in [0.15, 0.2) is 23.8 Å². The molecule has 6 heteroatoms. The van der Waals surface area contributed by atoms with Gasteiger partial charge in [-0.3, -0.25) is 15.1 Å². The van der Waals surface area contributed by atoms with Crippen LogP contribution in [0.2, 0.25) is 0 Å². The van der Waals surface area contributed by atoms with Gasteiger partial charge in [0.1, 0.15) is 0 Å². The number of anilines is 2. The van der Waals surface area contributed by atoms with E-state index in [9.17, 15) is 4.79 Å². The van der Waals surface area contributed by atoms with E-state index in [0.29, 0.717) is 22.3 Å². The summed E-state index contributed by atoms with van der Waals surface area (Å²) < 4.78 is 0. The van der Waals surface area contributed by atoms with Crippen LogP contribution in [-0.2, 0) is 0 Å². The molecule has 2 aromatic rings. The molecule has 2 rings (SSSR count). The number of aromatic nitrogens is 2. The fraction of sp³-hybridized carbons (Fsp3) is 0.250. The number of carbonyl (C=O) groups is 1. The van der Waals surface area contributed by atoms with E-state index in [1.54, 1.807) is 12.3 Å². The highest BCUT2D eigenvalue weighted by Crippen LogP contribution is 2.22. The SMILES string of the molecule is CC(C)c1csc(NC(=O)c2cnccc2N)n1. The zero-order valence-electron chi connectivity index (χ0n) is 10.2. The van der Waals surface area contributed by atoms with Crippen LogP contribution in [0.25, 0.3) is 0 Å². The van der Waals surface area contributed by atoms with Gasteiger partial charge < -0.3 is 5.73 Å². The number of hydrogen-bond acceptors (Lipinski definition) is 5. The van der Waals surface area contributed by atoms with Crippen LogP contribution >= 0.6 is 11.3 Å². The van der Waals surface area contributed by atoms with Crippen LogP contribution < -0.4 is 11.1 Å². The molecule has 0 fully saturated rings. The van der Waals surface area contributed by atoms with Gasteiger partial charge >= 0.3 is 0 Å². The van der Waals surface area contributed by atoms with Crippen molar-refractivity contribution in [3.63, 3.8) is 0 Å². The van der Waals surface area contributed by atoms with Crippen molar-refractivity contribution in [2.75, 3.05) is 11.1 Å². The molecular formula is C12H14N4OS. The molecule has 94 valence electrons. The number of thiazole rings is 1. The van der Waals surface area contributed by atoms with E-state index in [1.807, 2.05) is 5.38 Å². The standard InChI is InChI=1S/C12H14N4OS/c1-7(2)10-6-18-12(15-10)16-11(17)8-5-14-4-3-9(8)13/h3-7H,1-2H3,(H2,13,14)(H,15,16,17). The number of amides is 1. The van der Waals surface area contributed by atoms with E-state index in [-0.39, 0.29) is 5.91 Å². The van der Waals surface area contributed by atoms with Gasteiger partial charge in [-0.2, -0.15) is 0 Å². The third-order valence-electron chi connectivity index (χ3n) is 2.43. The zero-order chi connectivity index (χ0) is 13.1. The molecule has 3 N–H and O–H groups in total. The molecule has 0 saturated heterocycles. The Morgan fingerprint density at radius 2 is 2.28 bits per heavy atom. The molecule has 1 amide bonds. The molecule has 0 bridgehead atoms. The molecule has 18 heavy (non-hydrogen) atoms. The molecular weight excluding hydrogens is 248 g/mol. The Bertz CT molecular complexity index is 565. The van der Waals surface area contributed by atoms with Gasteiger partial charge in [0.15, 0.2) is 5.13 Å². The molecule has 0 aliphatic rings. The highest BCUT2D eigenvalue weighted by atomic mass is 32.1. The molecule has 0 aliphatic carbocycles. The van der Waals surface area contributed by atoms with Crippen molar-refractivity contribution >= 4 is 28.1 Å². The topological polar surface area (TPSA) is 80.9 Å². The Morgan fingerprint density at radius 1 is 1.50 bits per heavy atom. The van der Waals surface area contributed by atoms with Crippen LogP contribution in [0.1, 0.15) is 35.8 Å². The van der Waals surface area contributed by atoms with Crippen molar-refractivity contribution in [1.82, 2.24) is 9.97 Å². The predicted molar refractivity (Wildman–Crippen MR) is 72.8 cm³/mol. The Kier molecular flexibility index (Phi) is 3.57. The smallest absolute Gasteiger partial charge is 0.261 e. The second-order valence-corrected chi connectivity index (χ2v) is 5.01. The summed E-state index contributed by atoms with van der Waals surface area (Å²) in [6.45, 7) is 4.11. The van der Waals surface area contributed by atoms with Crippen LogP contribution in [0.5, 0.6) is 0 Å². The van der Waals surface area contributed by atoms with Gasteiger partial charge in [-0.15, -0.1) is 11.3 Å². The lowest BCUT2D eigenvalue weighted by Crippen LogP contribution is -2.14. The number of carbonyl (C=O) groups excluding carboxylic acids is 1. The monoisotopic (exact) mass is 262 g/mol.